The molecule has 0 spiro atoms. The summed E-state index contributed by atoms with van der Waals surface area (Å²) in [6.07, 6.45) is 0. The van der Waals surface area contributed by atoms with Crippen molar-refractivity contribution in [3.8, 4) is 0 Å². The Morgan fingerprint density at radius 1 is 0.941 bits per heavy atom. The Labute approximate surface area is 102 Å². The van der Waals surface area contributed by atoms with Crippen LogP contribution in [0.1, 0.15) is 16.7 Å². The molecule has 0 atom stereocenters. The Balaban J connectivity index is 2.25. The Morgan fingerprint density at radius 3 is 2.06 bits per heavy atom. The number of aryl methyl sites for hydroxylation is 2. The minimum atomic E-state index is 0.587. The van der Waals surface area contributed by atoms with Crippen LogP contribution < -0.4 is 11.1 Å². The highest BCUT2D eigenvalue weighted by Gasteiger charge is 2.01. The number of nitrogens with one attached hydrogen (secondary N) is 1. The predicted octanol–water partition coefficient (Wildman–Crippen LogP) is 3.51. The Bertz CT molecular complexity index is 481. The first kappa shape index (κ1) is 11.7. The van der Waals surface area contributed by atoms with Gasteiger partial charge in [-0.1, -0.05) is 30.3 Å². The van der Waals surface area contributed by atoms with E-state index >= 15 is 0 Å². The second kappa shape index (κ2) is 5.02. The molecule has 0 unspecified atom stereocenters. The van der Waals surface area contributed by atoms with Crippen molar-refractivity contribution >= 4 is 11.4 Å². The minimum absolute atomic E-state index is 0.587. The Hall–Kier alpha value is -1.80. The van der Waals surface area contributed by atoms with E-state index in [2.05, 4.69) is 61.6 Å². The molecule has 2 heteroatoms. The van der Waals surface area contributed by atoms with Crippen LogP contribution in [0.4, 0.5) is 11.4 Å². The van der Waals surface area contributed by atoms with E-state index in [0.717, 1.165) is 11.3 Å². The summed E-state index contributed by atoms with van der Waals surface area (Å²) < 4.78 is 0. The van der Waals surface area contributed by atoms with Gasteiger partial charge >= 0.3 is 0 Å². The standard InChI is InChI=1S/C15H18N2/c1-11-4-3-5-12(2)15(11)17-14-8-6-13(10-16)7-9-14/h3-9,17H,10,16H2,1-2H3. The molecule has 0 heterocycles. The summed E-state index contributed by atoms with van der Waals surface area (Å²) in [6.45, 7) is 4.82. The zero-order chi connectivity index (χ0) is 12.3. The van der Waals surface area contributed by atoms with Crippen LogP contribution in [0.25, 0.3) is 0 Å². The van der Waals surface area contributed by atoms with Gasteiger partial charge in [-0.05, 0) is 42.7 Å². The molecule has 2 nitrogen and oxygen atoms in total. The van der Waals surface area contributed by atoms with Gasteiger partial charge in [0.05, 0.1) is 0 Å². The van der Waals surface area contributed by atoms with E-state index in [4.69, 9.17) is 5.73 Å². The van der Waals surface area contributed by atoms with Crippen LogP contribution in [-0.4, -0.2) is 0 Å². The second-order valence-corrected chi connectivity index (χ2v) is 4.29. The number of rotatable bonds is 3. The van der Waals surface area contributed by atoms with Crippen molar-refractivity contribution in [2.75, 3.05) is 5.32 Å². The van der Waals surface area contributed by atoms with Gasteiger partial charge in [0.25, 0.3) is 0 Å². The lowest BCUT2D eigenvalue weighted by atomic mass is 10.1. The first-order chi connectivity index (χ1) is 8.20. The van der Waals surface area contributed by atoms with E-state index in [-0.39, 0.29) is 0 Å². The normalized spacial score (nSPS) is 10.3. The smallest absolute Gasteiger partial charge is 0.0443 e. The van der Waals surface area contributed by atoms with Crippen LogP contribution in [0.2, 0.25) is 0 Å². The highest BCUT2D eigenvalue weighted by atomic mass is 14.9. The molecule has 0 aliphatic rings. The van der Waals surface area contributed by atoms with Crippen LogP contribution in [0.3, 0.4) is 0 Å². The molecule has 2 rings (SSSR count). The molecule has 2 aromatic rings. The Morgan fingerprint density at radius 2 is 1.53 bits per heavy atom. The fourth-order valence-corrected chi connectivity index (χ4v) is 1.88. The maximum Gasteiger partial charge on any atom is 0.0443 e. The van der Waals surface area contributed by atoms with Gasteiger partial charge in [-0.3, -0.25) is 0 Å². The highest BCUT2D eigenvalue weighted by Crippen LogP contribution is 2.24. The average Bonchev–Trinajstić information content (AvgIpc) is 2.35. The molecule has 17 heavy (non-hydrogen) atoms. The molecular weight excluding hydrogens is 208 g/mol. The fraction of sp³-hybridized carbons (Fsp3) is 0.200. The van der Waals surface area contributed by atoms with E-state index in [0.29, 0.717) is 6.54 Å². The summed E-state index contributed by atoms with van der Waals surface area (Å²) in [6, 6.07) is 14.5. The molecule has 0 aliphatic heterocycles. The molecule has 0 saturated heterocycles. The van der Waals surface area contributed by atoms with Crippen LogP contribution in [0.5, 0.6) is 0 Å². The van der Waals surface area contributed by atoms with E-state index in [9.17, 15) is 0 Å². The number of hydrogen-bond acceptors (Lipinski definition) is 2. The molecule has 0 aliphatic carbocycles. The fourth-order valence-electron chi connectivity index (χ4n) is 1.88. The lowest BCUT2D eigenvalue weighted by Crippen LogP contribution is -1.98. The number of benzene rings is 2. The largest absolute Gasteiger partial charge is 0.355 e. The number of anilines is 2. The molecule has 3 N–H and O–H groups in total. The van der Waals surface area contributed by atoms with Crippen molar-refractivity contribution < 1.29 is 0 Å². The number of hydrogen-bond donors (Lipinski definition) is 2. The molecular formula is C15H18N2. The highest BCUT2D eigenvalue weighted by molar-refractivity contribution is 5.66. The maximum absolute atomic E-state index is 5.58. The van der Waals surface area contributed by atoms with E-state index < -0.39 is 0 Å². The summed E-state index contributed by atoms with van der Waals surface area (Å²) >= 11 is 0. The summed E-state index contributed by atoms with van der Waals surface area (Å²) in [7, 11) is 0. The van der Waals surface area contributed by atoms with Gasteiger partial charge in [0.1, 0.15) is 0 Å². The quantitative estimate of drug-likeness (QED) is 0.840. The van der Waals surface area contributed by atoms with Gasteiger partial charge < -0.3 is 11.1 Å². The number of para-hydroxylation sites is 1. The maximum atomic E-state index is 5.58. The molecule has 0 saturated carbocycles. The SMILES string of the molecule is Cc1cccc(C)c1Nc1ccc(CN)cc1. The second-order valence-electron chi connectivity index (χ2n) is 4.29. The average molecular weight is 226 g/mol. The molecule has 0 radical (unpaired) electrons. The summed E-state index contributed by atoms with van der Waals surface area (Å²) in [4.78, 5) is 0. The first-order valence-corrected chi connectivity index (χ1v) is 5.83. The predicted molar refractivity (Wildman–Crippen MR) is 73.5 cm³/mol. The monoisotopic (exact) mass is 226 g/mol. The lowest BCUT2D eigenvalue weighted by Gasteiger charge is -2.12. The molecule has 0 amide bonds. The van der Waals surface area contributed by atoms with Gasteiger partial charge in [-0.2, -0.15) is 0 Å². The first-order valence-electron chi connectivity index (χ1n) is 5.83. The van der Waals surface area contributed by atoms with Crippen molar-refractivity contribution in [1.29, 1.82) is 0 Å². The van der Waals surface area contributed by atoms with Crippen molar-refractivity contribution in [3.63, 3.8) is 0 Å². The van der Waals surface area contributed by atoms with Crippen LogP contribution in [0.15, 0.2) is 42.5 Å². The van der Waals surface area contributed by atoms with E-state index in [1.807, 2.05) is 0 Å². The van der Waals surface area contributed by atoms with Crippen molar-refractivity contribution in [2.24, 2.45) is 5.73 Å². The van der Waals surface area contributed by atoms with E-state index in [1.54, 1.807) is 0 Å². The summed E-state index contributed by atoms with van der Waals surface area (Å²) in [5, 5.41) is 3.45. The molecule has 0 fully saturated rings. The van der Waals surface area contributed by atoms with Crippen LogP contribution in [-0.2, 0) is 6.54 Å². The topological polar surface area (TPSA) is 38.0 Å². The molecule has 0 aromatic heterocycles. The third-order valence-electron chi connectivity index (χ3n) is 2.94. The van der Waals surface area contributed by atoms with Crippen LogP contribution in [0, 0.1) is 13.8 Å². The lowest BCUT2D eigenvalue weighted by molar-refractivity contribution is 1.07. The van der Waals surface area contributed by atoms with Gasteiger partial charge in [0, 0.05) is 17.9 Å². The zero-order valence-electron chi connectivity index (χ0n) is 10.3. The van der Waals surface area contributed by atoms with Gasteiger partial charge in [-0.25, -0.2) is 0 Å². The Kier molecular flexibility index (Phi) is 3.45. The molecule has 0 bridgehead atoms. The summed E-state index contributed by atoms with van der Waals surface area (Å²) in [5.74, 6) is 0. The van der Waals surface area contributed by atoms with Gasteiger partial charge in [0.2, 0.25) is 0 Å². The minimum Gasteiger partial charge on any atom is -0.355 e. The van der Waals surface area contributed by atoms with Crippen molar-refractivity contribution in [2.45, 2.75) is 20.4 Å². The van der Waals surface area contributed by atoms with Crippen molar-refractivity contribution in [1.82, 2.24) is 0 Å². The molecule has 2 aromatic carbocycles. The van der Waals surface area contributed by atoms with Gasteiger partial charge in [-0.15, -0.1) is 0 Å². The zero-order valence-corrected chi connectivity index (χ0v) is 10.3. The van der Waals surface area contributed by atoms with Crippen LogP contribution >= 0.6 is 0 Å². The third kappa shape index (κ3) is 2.66. The van der Waals surface area contributed by atoms with Crippen molar-refractivity contribution in [3.05, 3.63) is 59.2 Å². The third-order valence-corrected chi connectivity index (χ3v) is 2.94. The van der Waals surface area contributed by atoms with Gasteiger partial charge in [0.15, 0.2) is 0 Å². The van der Waals surface area contributed by atoms with E-state index in [1.165, 1.54) is 16.8 Å². The molecule has 88 valence electrons. The summed E-state index contributed by atoms with van der Waals surface area (Å²) in [5.41, 5.74) is 11.5. The number of nitrogens with two attached hydrogens (primary N) is 1.